The van der Waals surface area contributed by atoms with E-state index in [4.69, 9.17) is 5.73 Å². The Bertz CT molecular complexity index is 334. The van der Waals surface area contributed by atoms with Crippen molar-refractivity contribution in [3.8, 4) is 0 Å². The van der Waals surface area contributed by atoms with Crippen molar-refractivity contribution in [2.75, 3.05) is 13.6 Å². The number of aromatic amines is 1. The number of nitrogens with two attached hydrogens (primary N) is 1. The van der Waals surface area contributed by atoms with Crippen LogP contribution >= 0.6 is 0 Å². The summed E-state index contributed by atoms with van der Waals surface area (Å²) in [5, 5.41) is 5.59. The van der Waals surface area contributed by atoms with Gasteiger partial charge in [-0.15, -0.1) is 0 Å². The first-order valence-electron chi connectivity index (χ1n) is 4.86. The maximum atomic E-state index is 12.2. The molecular weight excluding hydrogens is 221 g/mol. The Balaban J connectivity index is 2.66. The molecule has 1 aromatic heterocycles. The largest absolute Gasteiger partial charge is 0.435 e. The van der Waals surface area contributed by atoms with E-state index >= 15 is 0 Å². The zero-order chi connectivity index (χ0) is 12.3. The second-order valence-electron chi connectivity index (χ2n) is 3.78. The van der Waals surface area contributed by atoms with Crippen LogP contribution in [0.25, 0.3) is 0 Å². The van der Waals surface area contributed by atoms with E-state index in [9.17, 15) is 13.2 Å². The highest BCUT2D eigenvalue weighted by Crippen LogP contribution is 2.27. The quantitative estimate of drug-likeness (QED) is 0.826. The van der Waals surface area contributed by atoms with Crippen molar-refractivity contribution in [1.29, 1.82) is 0 Å². The first-order chi connectivity index (χ1) is 7.34. The predicted octanol–water partition coefficient (Wildman–Crippen LogP) is 1.21. The first-order valence-corrected chi connectivity index (χ1v) is 4.86. The smallest absolute Gasteiger partial charge is 0.329 e. The average Bonchev–Trinajstić information content (AvgIpc) is 2.64. The van der Waals surface area contributed by atoms with Crippen LogP contribution in [0.2, 0.25) is 0 Å². The molecule has 0 aliphatic heterocycles. The molecule has 1 aromatic rings. The van der Waals surface area contributed by atoms with Crippen LogP contribution in [0.15, 0.2) is 6.07 Å². The van der Waals surface area contributed by atoms with Gasteiger partial charge in [0.05, 0.1) is 0 Å². The number of likely N-dealkylation sites (N-methyl/N-ethyl adjacent to an activating group) is 1. The zero-order valence-corrected chi connectivity index (χ0v) is 9.17. The fourth-order valence-corrected chi connectivity index (χ4v) is 1.19. The second-order valence-corrected chi connectivity index (χ2v) is 3.78. The molecule has 0 aromatic carbocycles. The van der Waals surface area contributed by atoms with Crippen LogP contribution in [0.5, 0.6) is 0 Å². The minimum absolute atomic E-state index is 0.109. The molecule has 0 aliphatic rings. The number of hydrogen-bond acceptors (Lipinski definition) is 3. The lowest BCUT2D eigenvalue weighted by Gasteiger charge is -2.22. The second kappa shape index (κ2) is 4.84. The molecule has 1 heterocycles. The monoisotopic (exact) mass is 236 g/mol. The molecule has 0 saturated carbocycles. The Kier molecular flexibility index (Phi) is 3.93. The van der Waals surface area contributed by atoms with Gasteiger partial charge < -0.3 is 5.73 Å². The lowest BCUT2D eigenvalue weighted by atomic mass is 10.2. The highest BCUT2D eigenvalue weighted by atomic mass is 19.4. The summed E-state index contributed by atoms with van der Waals surface area (Å²) in [5.74, 6) is 0. The Morgan fingerprint density at radius 2 is 2.19 bits per heavy atom. The van der Waals surface area contributed by atoms with Crippen molar-refractivity contribution in [3.63, 3.8) is 0 Å². The average molecular weight is 236 g/mol. The molecule has 3 N–H and O–H groups in total. The van der Waals surface area contributed by atoms with Gasteiger partial charge in [-0.05, 0) is 20.0 Å². The summed E-state index contributed by atoms with van der Waals surface area (Å²) in [6.07, 6.45) is -4.40. The first kappa shape index (κ1) is 13.0. The molecule has 0 amide bonds. The Labute approximate surface area is 91.6 Å². The summed E-state index contributed by atoms with van der Waals surface area (Å²) in [7, 11) is 1.80. The summed E-state index contributed by atoms with van der Waals surface area (Å²) in [5.41, 5.74) is 4.99. The number of rotatable bonds is 4. The van der Waals surface area contributed by atoms with Crippen molar-refractivity contribution >= 4 is 0 Å². The molecule has 7 heteroatoms. The lowest BCUT2D eigenvalue weighted by Crippen LogP contribution is -2.34. The third-order valence-corrected chi connectivity index (χ3v) is 2.43. The van der Waals surface area contributed by atoms with Gasteiger partial charge in [0.2, 0.25) is 0 Å². The topological polar surface area (TPSA) is 57.9 Å². The maximum absolute atomic E-state index is 12.2. The third kappa shape index (κ3) is 3.21. The van der Waals surface area contributed by atoms with E-state index in [1.807, 2.05) is 11.8 Å². The Morgan fingerprint density at radius 3 is 2.62 bits per heavy atom. The van der Waals surface area contributed by atoms with Gasteiger partial charge in [0.1, 0.15) is 0 Å². The number of halogens is 3. The number of nitrogens with zero attached hydrogens (tertiary/aromatic N) is 2. The van der Waals surface area contributed by atoms with Crippen LogP contribution in [0, 0.1) is 0 Å². The minimum Gasteiger partial charge on any atom is -0.329 e. The van der Waals surface area contributed by atoms with Crippen LogP contribution in [0.3, 0.4) is 0 Å². The summed E-state index contributed by atoms with van der Waals surface area (Å²) >= 11 is 0. The molecule has 1 rings (SSSR count). The summed E-state index contributed by atoms with van der Waals surface area (Å²) < 4.78 is 36.7. The van der Waals surface area contributed by atoms with Gasteiger partial charge in [0.25, 0.3) is 0 Å². The van der Waals surface area contributed by atoms with Crippen LogP contribution in [-0.2, 0) is 12.7 Å². The Morgan fingerprint density at radius 1 is 1.56 bits per heavy atom. The van der Waals surface area contributed by atoms with Gasteiger partial charge in [0, 0.05) is 24.8 Å². The lowest BCUT2D eigenvalue weighted by molar-refractivity contribution is -0.141. The molecule has 1 atom stereocenters. The van der Waals surface area contributed by atoms with Crippen LogP contribution in [-0.4, -0.2) is 34.7 Å². The van der Waals surface area contributed by atoms with Gasteiger partial charge in [-0.25, -0.2) is 0 Å². The molecule has 0 aliphatic carbocycles. The summed E-state index contributed by atoms with van der Waals surface area (Å²) in [4.78, 5) is 1.85. The van der Waals surface area contributed by atoms with E-state index in [1.165, 1.54) is 0 Å². The van der Waals surface area contributed by atoms with Gasteiger partial charge >= 0.3 is 6.18 Å². The summed E-state index contributed by atoms with van der Waals surface area (Å²) in [6.45, 7) is 2.72. The molecule has 1 unspecified atom stereocenters. The highest BCUT2D eigenvalue weighted by molar-refractivity contribution is 5.11. The van der Waals surface area contributed by atoms with Crippen molar-refractivity contribution in [1.82, 2.24) is 15.1 Å². The van der Waals surface area contributed by atoms with Gasteiger partial charge in [0.15, 0.2) is 5.69 Å². The standard InChI is InChI=1S/C9H15F3N4/c1-6(4-13)16(2)5-7-3-8(15-14-7)9(10,11)12/h3,6H,4-5,13H2,1-2H3,(H,14,15). The SMILES string of the molecule is CC(CN)N(C)Cc1cc(C(F)(F)F)n[nH]1. The number of alkyl halides is 3. The molecule has 0 bridgehead atoms. The molecule has 0 fully saturated rings. The van der Waals surface area contributed by atoms with Gasteiger partial charge in [-0.3, -0.25) is 10.00 Å². The van der Waals surface area contributed by atoms with Crippen LogP contribution in [0.1, 0.15) is 18.3 Å². The van der Waals surface area contributed by atoms with Gasteiger partial charge in [-0.1, -0.05) is 0 Å². The zero-order valence-electron chi connectivity index (χ0n) is 9.17. The van der Waals surface area contributed by atoms with Gasteiger partial charge in [-0.2, -0.15) is 18.3 Å². The fourth-order valence-electron chi connectivity index (χ4n) is 1.19. The molecule has 92 valence electrons. The molecule has 16 heavy (non-hydrogen) atoms. The van der Waals surface area contributed by atoms with E-state index < -0.39 is 11.9 Å². The summed E-state index contributed by atoms with van der Waals surface area (Å²) in [6, 6.07) is 1.12. The number of aromatic nitrogens is 2. The van der Waals surface area contributed by atoms with Crippen molar-refractivity contribution in [3.05, 3.63) is 17.5 Å². The minimum atomic E-state index is -4.40. The molecule has 0 spiro atoms. The molecule has 0 saturated heterocycles. The van der Waals surface area contributed by atoms with Crippen molar-refractivity contribution < 1.29 is 13.2 Å². The predicted molar refractivity (Wildman–Crippen MR) is 53.6 cm³/mol. The van der Waals surface area contributed by atoms with E-state index in [0.29, 0.717) is 18.8 Å². The molecule has 0 radical (unpaired) electrons. The third-order valence-electron chi connectivity index (χ3n) is 2.43. The number of H-pyrrole nitrogens is 1. The number of nitrogens with one attached hydrogen (secondary N) is 1. The van der Waals surface area contributed by atoms with E-state index in [0.717, 1.165) is 6.07 Å². The van der Waals surface area contributed by atoms with E-state index in [2.05, 4.69) is 10.2 Å². The van der Waals surface area contributed by atoms with E-state index in [1.54, 1.807) is 7.05 Å². The van der Waals surface area contributed by atoms with Crippen LogP contribution in [0.4, 0.5) is 13.2 Å². The Hall–Kier alpha value is -1.08. The fraction of sp³-hybridized carbons (Fsp3) is 0.667. The normalized spacial score (nSPS) is 14.4. The highest BCUT2D eigenvalue weighted by Gasteiger charge is 2.33. The van der Waals surface area contributed by atoms with Crippen molar-refractivity contribution in [2.45, 2.75) is 25.7 Å². The number of hydrogen-bond donors (Lipinski definition) is 2. The van der Waals surface area contributed by atoms with E-state index in [-0.39, 0.29) is 6.04 Å². The maximum Gasteiger partial charge on any atom is 0.435 e. The van der Waals surface area contributed by atoms with Crippen molar-refractivity contribution in [2.24, 2.45) is 5.73 Å². The molecular formula is C9H15F3N4. The molecule has 4 nitrogen and oxygen atoms in total. The van der Waals surface area contributed by atoms with Crippen LogP contribution < -0.4 is 5.73 Å².